The van der Waals surface area contributed by atoms with Crippen molar-refractivity contribution >= 4 is 21.7 Å². The largest absolute Gasteiger partial charge is 0.454 e. The highest BCUT2D eigenvalue weighted by Gasteiger charge is 2.24. The van der Waals surface area contributed by atoms with E-state index in [9.17, 15) is 4.39 Å². The van der Waals surface area contributed by atoms with Crippen molar-refractivity contribution in [2.45, 2.75) is 0 Å². The molecular formula is C10H7BrFN3O2. The minimum Gasteiger partial charge on any atom is -0.454 e. The van der Waals surface area contributed by atoms with Gasteiger partial charge in [0.2, 0.25) is 6.79 Å². The van der Waals surface area contributed by atoms with Crippen molar-refractivity contribution in [3.63, 3.8) is 0 Å². The van der Waals surface area contributed by atoms with E-state index >= 15 is 0 Å². The number of hydrogen-bond acceptors (Lipinski definition) is 4. The Morgan fingerprint density at radius 2 is 2.24 bits per heavy atom. The van der Waals surface area contributed by atoms with E-state index in [4.69, 9.17) is 15.2 Å². The molecule has 2 heterocycles. The summed E-state index contributed by atoms with van der Waals surface area (Å²) in [5, 5.41) is 6.31. The maximum absolute atomic E-state index is 14.1. The molecule has 0 saturated carbocycles. The maximum atomic E-state index is 14.1. The minimum atomic E-state index is -0.456. The monoisotopic (exact) mass is 299 g/mol. The molecule has 3 N–H and O–H groups in total. The van der Waals surface area contributed by atoms with Crippen molar-refractivity contribution in [2.75, 3.05) is 12.5 Å². The SMILES string of the molecule is Nc1[nH]ncc1-c1cc2c(c(Br)c1F)OCO2. The maximum Gasteiger partial charge on any atom is 0.231 e. The van der Waals surface area contributed by atoms with Gasteiger partial charge in [-0.25, -0.2) is 4.39 Å². The van der Waals surface area contributed by atoms with Crippen LogP contribution < -0.4 is 15.2 Å². The van der Waals surface area contributed by atoms with Crippen LogP contribution in [-0.4, -0.2) is 17.0 Å². The number of ether oxygens (including phenoxy) is 2. The number of rotatable bonds is 1. The lowest BCUT2D eigenvalue weighted by Gasteiger charge is -2.06. The topological polar surface area (TPSA) is 73.2 Å². The molecule has 0 fully saturated rings. The first kappa shape index (κ1) is 10.4. The highest BCUT2D eigenvalue weighted by molar-refractivity contribution is 9.10. The van der Waals surface area contributed by atoms with Gasteiger partial charge in [-0.3, -0.25) is 5.10 Å². The van der Waals surface area contributed by atoms with Crippen LogP contribution in [0.4, 0.5) is 10.2 Å². The number of nitrogen functional groups attached to an aromatic ring is 1. The van der Waals surface area contributed by atoms with Crippen LogP contribution >= 0.6 is 15.9 Å². The number of aromatic nitrogens is 2. The molecule has 0 atom stereocenters. The molecular weight excluding hydrogens is 293 g/mol. The molecule has 0 saturated heterocycles. The minimum absolute atomic E-state index is 0.0810. The van der Waals surface area contributed by atoms with Gasteiger partial charge in [-0.2, -0.15) is 5.10 Å². The van der Waals surface area contributed by atoms with Crippen LogP contribution in [0.25, 0.3) is 11.1 Å². The van der Waals surface area contributed by atoms with E-state index in [1.165, 1.54) is 6.20 Å². The van der Waals surface area contributed by atoms with Gasteiger partial charge in [0.15, 0.2) is 11.5 Å². The number of halogens is 2. The van der Waals surface area contributed by atoms with Crippen LogP contribution in [0.15, 0.2) is 16.7 Å². The molecule has 0 radical (unpaired) electrons. The lowest BCUT2D eigenvalue weighted by molar-refractivity contribution is 0.173. The summed E-state index contributed by atoms with van der Waals surface area (Å²) in [6.45, 7) is 0.0810. The lowest BCUT2D eigenvalue weighted by atomic mass is 10.1. The first-order chi connectivity index (χ1) is 8.18. The Balaban J connectivity index is 2.25. The third-order valence-electron chi connectivity index (χ3n) is 2.50. The number of hydrogen-bond donors (Lipinski definition) is 2. The Morgan fingerprint density at radius 3 is 2.94 bits per heavy atom. The third kappa shape index (κ3) is 1.46. The molecule has 0 spiro atoms. The Hall–Kier alpha value is -1.76. The first-order valence-electron chi connectivity index (χ1n) is 4.75. The van der Waals surface area contributed by atoms with E-state index in [0.717, 1.165) is 0 Å². The molecule has 88 valence electrons. The van der Waals surface area contributed by atoms with E-state index < -0.39 is 5.82 Å². The second-order valence-electron chi connectivity index (χ2n) is 3.48. The second-order valence-corrected chi connectivity index (χ2v) is 4.28. The van der Waals surface area contributed by atoms with Crippen molar-refractivity contribution in [2.24, 2.45) is 0 Å². The molecule has 1 aliphatic heterocycles. The Labute approximate surface area is 104 Å². The smallest absolute Gasteiger partial charge is 0.231 e. The zero-order chi connectivity index (χ0) is 12.0. The molecule has 1 aliphatic rings. The van der Waals surface area contributed by atoms with Gasteiger partial charge in [-0.1, -0.05) is 0 Å². The molecule has 0 amide bonds. The second kappa shape index (κ2) is 3.63. The van der Waals surface area contributed by atoms with Crippen molar-refractivity contribution in [3.05, 3.63) is 22.6 Å². The first-order valence-corrected chi connectivity index (χ1v) is 5.54. The molecule has 0 aliphatic carbocycles. The standard InChI is InChI=1S/C10H7BrFN3O2/c11-7-8(12)4(5-2-14-15-10(5)13)1-6-9(7)17-3-16-6/h1-2H,3H2,(H3,13,14,15). The van der Waals surface area contributed by atoms with E-state index in [2.05, 4.69) is 26.1 Å². The van der Waals surface area contributed by atoms with Gasteiger partial charge in [0.05, 0.1) is 10.7 Å². The quantitative estimate of drug-likeness (QED) is 0.847. The molecule has 5 nitrogen and oxygen atoms in total. The van der Waals surface area contributed by atoms with Crippen LogP contribution in [0, 0.1) is 5.82 Å². The predicted octanol–water partition coefficient (Wildman–Crippen LogP) is 2.29. The number of nitrogens with one attached hydrogen (secondary N) is 1. The molecule has 17 heavy (non-hydrogen) atoms. The number of H-pyrrole nitrogens is 1. The summed E-state index contributed by atoms with van der Waals surface area (Å²) in [7, 11) is 0. The van der Waals surface area contributed by atoms with Gasteiger partial charge in [0.1, 0.15) is 11.6 Å². The summed E-state index contributed by atoms with van der Waals surface area (Å²) in [5.41, 5.74) is 6.46. The average Bonchev–Trinajstić information content (AvgIpc) is 2.92. The summed E-state index contributed by atoms with van der Waals surface area (Å²) in [6, 6.07) is 1.55. The highest BCUT2D eigenvalue weighted by atomic mass is 79.9. The third-order valence-corrected chi connectivity index (χ3v) is 3.21. The summed E-state index contributed by atoms with van der Waals surface area (Å²) in [5.74, 6) is 0.694. The van der Waals surface area contributed by atoms with Crippen molar-refractivity contribution in [1.29, 1.82) is 0 Å². The van der Waals surface area contributed by atoms with Crippen molar-refractivity contribution in [3.8, 4) is 22.6 Å². The molecule has 1 aromatic carbocycles. The highest BCUT2D eigenvalue weighted by Crippen LogP contribution is 2.45. The predicted molar refractivity (Wildman–Crippen MR) is 62.2 cm³/mol. The van der Waals surface area contributed by atoms with E-state index in [-0.39, 0.29) is 11.3 Å². The Kier molecular flexibility index (Phi) is 2.22. The Morgan fingerprint density at radius 1 is 1.41 bits per heavy atom. The molecule has 7 heteroatoms. The normalized spacial score (nSPS) is 13.1. The van der Waals surface area contributed by atoms with Gasteiger partial charge in [-0.15, -0.1) is 0 Å². The van der Waals surface area contributed by atoms with Crippen LogP contribution in [0.5, 0.6) is 11.5 Å². The number of anilines is 1. The molecule has 3 rings (SSSR count). The average molecular weight is 300 g/mol. The molecule has 1 aromatic heterocycles. The summed E-state index contributed by atoms with van der Waals surface area (Å²) in [6.07, 6.45) is 1.46. The fraction of sp³-hybridized carbons (Fsp3) is 0.100. The lowest BCUT2D eigenvalue weighted by Crippen LogP contribution is -1.93. The zero-order valence-corrected chi connectivity index (χ0v) is 10.0. The number of benzene rings is 1. The molecule has 2 aromatic rings. The van der Waals surface area contributed by atoms with Crippen molar-refractivity contribution < 1.29 is 13.9 Å². The van der Waals surface area contributed by atoms with Crippen LogP contribution in [0.3, 0.4) is 0 Å². The molecule has 0 unspecified atom stereocenters. The van der Waals surface area contributed by atoms with Gasteiger partial charge < -0.3 is 15.2 Å². The number of aromatic amines is 1. The number of fused-ring (bicyclic) bond motifs is 1. The summed E-state index contributed by atoms with van der Waals surface area (Å²) >= 11 is 3.14. The van der Waals surface area contributed by atoms with Crippen LogP contribution in [-0.2, 0) is 0 Å². The van der Waals surface area contributed by atoms with Crippen LogP contribution in [0.1, 0.15) is 0 Å². The summed E-state index contributed by atoms with van der Waals surface area (Å²) in [4.78, 5) is 0. The van der Waals surface area contributed by atoms with Gasteiger partial charge in [0, 0.05) is 11.1 Å². The molecule has 0 bridgehead atoms. The summed E-state index contributed by atoms with van der Waals surface area (Å²) < 4.78 is 24.7. The van der Waals surface area contributed by atoms with Gasteiger partial charge >= 0.3 is 0 Å². The zero-order valence-electron chi connectivity index (χ0n) is 8.46. The fourth-order valence-electron chi connectivity index (χ4n) is 1.69. The van der Waals surface area contributed by atoms with Crippen LogP contribution in [0.2, 0.25) is 0 Å². The van der Waals surface area contributed by atoms with E-state index in [1.807, 2.05) is 0 Å². The van der Waals surface area contributed by atoms with E-state index in [1.54, 1.807) is 6.07 Å². The van der Waals surface area contributed by atoms with Gasteiger partial charge in [-0.05, 0) is 22.0 Å². The fourth-order valence-corrected chi connectivity index (χ4v) is 2.21. The van der Waals surface area contributed by atoms with Crippen molar-refractivity contribution in [1.82, 2.24) is 10.2 Å². The van der Waals surface area contributed by atoms with Gasteiger partial charge in [0.25, 0.3) is 0 Å². The Bertz CT molecular complexity index is 599. The van der Waals surface area contributed by atoms with E-state index in [0.29, 0.717) is 28.4 Å². The number of nitrogens with two attached hydrogens (primary N) is 1. The number of nitrogens with zero attached hydrogens (tertiary/aromatic N) is 1.